The molecule has 0 spiro atoms. The molecule has 5 nitrogen and oxygen atoms in total. The number of anilines is 1. The monoisotopic (exact) mass is 344 g/mol. The van der Waals surface area contributed by atoms with Crippen LogP contribution in [0.3, 0.4) is 0 Å². The maximum absolute atomic E-state index is 12.9. The molecule has 1 aromatic carbocycles. The second-order valence-electron chi connectivity index (χ2n) is 7.98. The van der Waals surface area contributed by atoms with Crippen LogP contribution in [-0.4, -0.2) is 55.3 Å². The van der Waals surface area contributed by atoms with Crippen LogP contribution in [-0.2, 0) is 4.79 Å². The molecule has 1 aliphatic carbocycles. The van der Waals surface area contributed by atoms with Crippen molar-refractivity contribution in [1.82, 2.24) is 4.90 Å². The van der Waals surface area contributed by atoms with Crippen molar-refractivity contribution in [3.05, 3.63) is 24.3 Å². The maximum Gasteiger partial charge on any atom is 0.241 e. The fourth-order valence-electron chi connectivity index (χ4n) is 4.44. The van der Waals surface area contributed by atoms with Gasteiger partial charge in [-0.3, -0.25) is 9.69 Å². The van der Waals surface area contributed by atoms with Gasteiger partial charge in [0.05, 0.1) is 18.8 Å². The second-order valence-corrected chi connectivity index (χ2v) is 7.98. The number of rotatable bonds is 5. The van der Waals surface area contributed by atoms with Crippen molar-refractivity contribution in [1.29, 1.82) is 0 Å². The number of ether oxygens (including phenoxy) is 1. The van der Waals surface area contributed by atoms with E-state index in [2.05, 4.69) is 4.90 Å². The number of likely N-dealkylation sites (tertiary alicyclic amines) is 1. The SMILES string of the molecule is O=C(CN1CCC[C@](CO)(CC2CC2)C1)N1CCOc2ccccc21. The van der Waals surface area contributed by atoms with Gasteiger partial charge in [-0.2, -0.15) is 0 Å². The normalized spacial score (nSPS) is 26.8. The van der Waals surface area contributed by atoms with Gasteiger partial charge in [-0.1, -0.05) is 25.0 Å². The molecule has 0 unspecified atom stereocenters. The van der Waals surface area contributed by atoms with E-state index in [4.69, 9.17) is 4.74 Å². The summed E-state index contributed by atoms with van der Waals surface area (Å²) in [6.45, 7) is 3.62. The Morgan fingerprint density at radius 1 is 1.28 bits per heavy atom. The predicted octanol–water partition coefficient (Wildman–Crippen LogP) is 2.29. The van der Waals surface area contributed by atoms with Gasteiger partial charge in [0.2, 0.25) is 5.91 Å². The van der Waals surface area contributed by atoms with Gasteiger partial charge in [0.25, 0.3) is 0 Å². The average Bonchev–Trinajstić information content (AvgIpc) is 3.45. The maximum atomic E-state index is 12.9. The largest absolute Gasteiger partial charge is 0.490 e. The highest BCUT2D eigenvalue weighted by Gasteiger charge is 2.40. The van der Waals surface area contributed by atoms with Crippen LogP contribution in [0.4, 0.5) is 5.69 Å². The number of benzene rings is 1. The molecule has 2 fully saturated rings. The molecule has 3 aliphatic rings. The van der Waals surface area contributed by atoms with Crippen molar-refractivity contribution in [2.24, 2.45) is 11.3 Å². The number of carbonyl (C=O) groups excluding carboxylic acids is 1. The fourth-order valence-corrected chi connectivity index (χ4v) is 4.44. The van der Waals surface area contributed by atoms with Crippen LogP contribution >= 0.6 is 0 Å². The molecule has 2 aliphatic heterocycles. The first-order valence-electron chi connectivity index (χ1n) is 9.55. The number of aliphatic hydroxyl groups is 1. The molecule has 0 bridgehead atoms. The summed E-state index contributed by atoms with van der Waals surface area (Å²) in [4.78, 5) is 17.0. The number of nitrogens with zero attached hydrogens (tertiary/aromatic N) is 2. The minimum Gasteiger partial charge on any atom is -0.490 e. The molecular weight excluding hydrogens is 316 g/mol. The van der Waals surface area contributed by atoms with Gasteiger partial charge < -0.3 is 14.7 Å². The smallest absolute Gasteiger partial charge is 0.241 e. The van der Waals surface area contributed by atoms with E-state index in [9.17, 15) is 9.90 Å². The van der Waals surface area contributed by atoms with Crippen LogP contribution in [0.2, 0.25) is 0 Å². The molecule has 1 aromatic rings. The molecule has 0 radical (unpaired) electrons. The lowest BCUT2D eigenvalue weighted by molar-refractivity contribution is -0.121. The summed E-state index contributed by atoms with van der Waals surface area (Å²) in [6.07, 6.45) is 5.90. The van der Waals surface area contributed by atoms with Crippen LogP contribution in [0.15, 0.2) is 24.3 Å². The predicted molar refractivity (Wildman–Crippen MR) is 96.8 cm³/mol. The van der Waals surface area contributed by atoms with E-state index in [1.807, 2.05) is 29.2 Å². The number of para-hydroxylation sites is 2. The zero-order valence-electron chi connectivity index (χ0n) is 14.8. The molecule has 0 aromatic heterocycles. The van der Waals surface area contributed by atoms with Crippen LogP contribution in [0.1, 0.15) is 32.1 Å². The lowest BCUT2D eigenvalue weighted by atomic mass is 9.76. The van der Waals surface area contributed by atoms with Gasteiger partial charge in [-0.05, 0) is 43.9 Å². The minimum absolute atomic E-state index is 0.00259. The number of amides is 1. The Morgan fingerprint density at radius 3 is 2.92 bits per heavy atom. The molecule has 1 atom stereocenters. The molecule has 1 saturated heterocycles. The lowest BCUT2D eigenvalue weighted by Crippen LogP contribution is -2.50. The topological polar surface area (TPSA) is 53.0 Å². The number of piperidine rings is 1. The number of carbonyl (C=O) groups is 1. The van der Waals surface area contributed by atoms with E-state index in [0.29, 0.717) is 19.7 Å². The molecule has 2 heterocycles. The third-order valence-corrected chi connectivity index (χ3v) is 5.88. The zero-order valence-corrected chi connectivity index (χ0v) is 14.8. The van der Waals surface area contributed by atoms with Crippen LogP contribution in [0.5, 0.6) is 5.75 Å². The Kier molecular flexibility index (Phi) is 4.69. The summed E-state index contributed by atoms with van der Waals surface area (Å²) in [5.41, 5.74) is 0.880. The second kappa shape index (κ2) is 6.96. The Bertz CT molecular complexity index is 631. The molecule has 25 heavy (non-hydrogen) atoms. The third kappa shape index (κ3) is 3.67. The summed E-state index contributed by atoms with van der Waals surface area (Å²) in [7, 11) is 0. The number of hydrogen-bond acceptors (Lipinski definition) is 4. The average molecular weight is 344 g/mol. The van der Waals surface area contributed by atoms with Gasteiger partial charge in [0.1, 0.15) is 12.4 Å². The van der Waals surface area contributed by atoms with Crippen molar-refractivity contribution >= 4 is 11.6 Å². The first-order chi connectivity index (χ1) is 12.2. The molecular formula is C20H28N2O3. The first kappa shape index (κ1) is 16.9. The van der Waals surface area contributed by atoms with Gasteiger partial charge in [-0.15, -0.1) is 0 Å². The summed E-state index contributed by atoms with van der Waals surface area (Å²) in [5, 5.41) is 10.0. The van der Waals surface area contributed by atoms with E-state index in [0.717, 1.165) is 49.7 Å². The third-order valence-electron chi connectivity index (χ3n) is 5.88. The first-order valence-corrected chi connectivity index (χ1v) is 9.55. The quantitative estimate of drug-likeness (QED) is 0.890. The van der Waals surface area contributed by atoms with Gasteiger partial charge >= 0.3 is 0 Å². The lowest BCUT2D eigenvalue weighted by Gasteiger charge is -2.42. The highest BCUT2D eigenvalue weighted by atomic mass is 16.5. The summed E-state index contributed by atoms with van der Waals surface area (Å²) in [6, 6.07) is 7.75. The molecule has 136 valence electrons. The van der Waals surface area contributed by atoms with E-state index >= 15 is 0 Å². The fraction of sp³-hybridized carbons (Fsp3) is 0.650. The highest BCUT2D eigenvalue weighted by Crippen LogP contribution is 2.44. The summed E-state index contributed by atoms with van der Waals surface area (Å²) >= 11 is 0. The standard InChI is InChI=1S/C20H28N2O3/c23-15-20(12-16-6-7-16)8-3-9-21(14-20)13-19(24)22-10-11-25-18-5-2-1-4-17(18)22/h1-2,4-5,16,23H,3,6-15H2/t20-/m0/s1. The Morgan fingerprint density at radius 2 is 2.12 bits per heavy atom. The Labute approximate surface area is 149 Å². The number of fused-ring (bicyclic) bond motifs is 1. The molecule has 1 saturated carbocycles. The summed E-state index contributed by atoms with van der Waals surface area (Å²) < 4.78 is 5.65. The van der Waals surface area contributed by atoms with Crippen molar-refractivity contribution < 1.29 is 14.6 Å². The molecule has 1 N–H and O–H groups in total. The van der Waals surface area contributed by atoms with Crippen LogP contribution in [0, 0.1) is 11.3 Å². The number of aliphatic hydroxyl groups excluding tert-OH is 1. The van der Waals surface area contributed by atoms with Crippen molar-refractivity contribution in [3.8, 4) is 5.75 Å². The molecule has 1 amide bonds. The minimum atomic E-state index is 0.00259. The number of hydrogen-bond donors (Lipinski definition) is 1. The van der Waals surface area contributed by atoms with Gasteiger partial charge in [0.15, 0.2) is 0 Å². The van der Waals surface area contributed by atoms with Gasteiger partial charge in [-0.25, -0.2) is 0 Å². The molecule has 4 rings (SSSR count). The van der Waals surface area contributed by atoms with Crippen molar-refractivity contribution in [3.63, 3.8) is 0 Å². The van der Waals surface area contributed by atoms with Crippen LogP contribution < -0.4 is 9.64 Å². The highest BCUT2D eigenvalue weighted by molar-refractivity contribution is 5.96. The van der Waals surface area contributed by atoms with E-state index in [1.165, 1.54) is 12.8 Å². The van der Waals surface area contributed by atoms with E-state index < -0.39 is 0 Å². The van der Waals surface area contributed by atoms with Crippen molar-refractivity contribution in [2.75, 3.05) is 44.3 Å². The Balaban J connectivity index is 1.42. The molecule has 5 heteroatoms. The van der Waals surface area contributed by atoms with Crippen molar-refractivity contribution in [2.45, 2.75) is 32.1 Å². The Hall–Kier alpha value is -1.59. The van der Waals surface area contributed by atoms with E-state index in [1.54, 1.807) is 0 Å². The van der Waals surface area contributed by atoms with E-state index in [-0.39, 0.29) is 17.9 Å². The zero-order chi connectivity index (χ0) is 17.3. The summed E-state index contributed by atoms with van der Waals surface area (Å²) in [5.74, 6) is 1.73. The van der Waals surface area contributed by atoms with Crippen LogP contribution in [0.25, 0.3) is 0 Å². The van der Waals surface area contributed by atoms with Gasteiger partial charge in [0, 0.05) is 18.6 Å².